The molecule has 1 rings (SSSR count). The number of hydrogen-bond acceptors (Lipinski definition) is 5. The number of methoxy groups -OCH3 is 1. The minimum atomic E-state index is -0.565. The van der Waals surface area contributed by atoms with Gasteiger partial charge < -0.3 is 9.64 Å². The molecule has 0 radical (unpaired) electrons. The molecule has 0 spiro atoms. The van der Waals surface area contributed by atoms with E-state index in [4.69, 9.17) is 0 Å². The summed E-state index contributed by atoms with van der Waals surface area (Å²) in [6.07, 6.45) is 18.3. The minimum Gasteiger partial charge on any atom is -0.465 e. The predicted molar refractivity (Wildman–Crippen MR) is 128 cm³/mol. The van der Waals surface area contributed by atoms with Gasteiger partial charge in [-0.25, -0.2) is 4.79 Å². The lowest BCUT2D eigenvalue weighted by Gasteiger charge is -2.19. The third kappa shape index (κ3) is 11.2. The molecule has 0 saturated carbocycles. The maximum Gasteiger partial charge on any atom is 0.338 e. The third-order valence-electron chi connectivity index (χ3n) is 5.85. The molecule has 0 N–H and O–H groups in total. The molecule has 0 unspecified atom stereocenters. The number of nitro benzene ring substituents is 1. The van der Waals surface area contributed by atoms with Gasteiger partial charge in [0.15, 0.2) is 0 Å². The van der Waals surface area contributed by atoms with Crippen LogP contribution in [0.25, 0.3) is 0 Å². The Labute approximate surface area is 188 Å². The molecule has 0 aliphatic carbocycles. The van der Waals surface area contributed by atoms with Gasteiger partial charge in [0.25, 0.3) is 5.69 Å². The Morgan fingerprint density at radius 2 is 1.39 bits per heavy atom. The molecule has 0 bridgehead atoms. The van der Waals surface area contributed by atoms with Crippen LogP contribution in [-0.2, 0) is 4.74 Å². The molecule has 0 saturated heterocycles. The molecule has 1 aromatic carbocycles. The fourth-order valence-corrected chi connectivity index (χ4v) is 3.90. The number of hydrogen-bond donors (Lipinski definition) is 0. The quantitative estimate of drug-likeness (QED) is 0.105. The second-order valence-corrected chi connectivity index (χ2v) is 8.47. The van der Waals surface area contributed by atoms with Gasteiger partial charge in [0.1, 0.15) is 5.69 Å². The molecule has 6 heteroatoms. The van der Waals surface area contributed by atoms with Crippen LogP contribution in [-0.4, -0.2) is 31.6 Å². The fourth-order valence-electron chi connectivity index (χ4n) is 3.90. The van der Waals surface area contributed by atoms with Gasteiger partial charge in [-0.3, -0.25) is 10.1 Å². The summed E-state index contributed by atoms with van der Waals surface area (Å²) in [5.41, 5.74) is 0.672. The highest BCUT2D eigenvalue weighted by atomic mass is 16.6. The Morgan fingerprint density at radius 3 is 1.84 bits per heavy atom. The van der Waals surface area contributed by atoms with Gasteiger partial charge in [0, 0.05) is 19.7 Å². The Hall–Kier alpha value is -2.11. The van der Waals surface area contributed by atoms with Crippen LogP contribution < -0.4 is 4.90 Å². The molecule has 0 aromatic heterocycles. The van der Waals surface area contributed by atoms with Crippen molar-refractivity contribution in [2.75, 3.05) is 25.6 Å². The van der Waals surface area contributed by atoms with Gasteiger partial charge in [-0.05, 0) is 18.6 Å². The van der Waals surface area contributed by atoms with Crippen molar-refractivity contribution >= 4 is 17.3 Å². The number of benzene rings is 1. The molecule has 176 valence electrons. The maximum absolute atomic E-state index is 11.6. The zero-order chi connectivity index (χ0) is 22.9. The number of esters is 1. The van der Waals surface area contributed by atoms with Crippen LogP contribution >= 0.6 is 0 Å². The van der Waals surface area contributed by atoms with E-state index in [-0.39, 0.29) is 11.3 Å². The monoisotopic (exact) mass is 434 g/mol. The summed E-state index contributed by atoms with van der Waals surface area (Å²) in [5, 5.41) is 11.4. The summed E-state index contributed by atoms with van der Waals surface area (Å²) in [6, 6.07) is 4.51. The first-order chi connectivity index (χ1) is 15.0. The molecule has 1 aromatic rings. The van der Waals surface area contributed by atoms with Gasteiger partial charge in [0.2, 0.25) is 0 Å². The van der Waals surface area contributed by atoms with Crippen LogP contribution in [0, 0.1) is 10.1 Å². The summed E-state index contributed by atoms with van der Waals surface area (Å²) in [7, 11) is 3.13. The van der Waals surface area contributed by atoms with E-state index >= 15 is 0 Å². The largest absolute Gasteiger partial charge is 0.465 e. The van der Waals surface area contributed by atoms with Gasteiger partial charge >= 0.3 is 5.97 Å². The molecule has 0 atom stereocenters. The van der Waals surface area contributed by atoms with Crippen molar-refractivity contribution in [2.24, 2.45) is 0 Å². The fraction of sp³-hybridized carbons (Fsp3) is 0.720. The van der Waals surface area contributed by atoms with Gasteiger partial charge in [0.05, 0.1) is 17.6 Å². The van der Waals surface area contributed by atoms with E-state index in [2.05, 4.69) is 11.7 Å². The van der Waals surface area contributed by atoms with Crippen molar-refractivity contribution < 1.29 is 14.5 Å². The molecule has 0 amide bonds. The van der Waals surface area contributed by atoms with Gasteiger partial charge in [-0.2, -0.15) is 0 Å². The SMILES string of the molecule is CCCCCCCCCCCCCCCCN(C)c1ccc(C(=O)OC)cc1[N+](=O)[O-]. The highest BCUT2D eigenvalue weighted by molar-refractivity contribution is 5.91. The molecule has 0 heterocycles. The standard InChI is InChI=1S/C25H42N2O4/c1-4-5-6-7-8-9-10-11-12-13-14-15-16-17-20-26(2)23-19-18-22(25(28)31-3)21-24(23)27(29)30/h18-19,21H,4-17,20H2,1-3H3. The average molecular weight is 435 g/mol. The van der Waals surface area contributed by atoms with Crippen molar-refractivity contribution in [3.8, 4) is 0 Å². The molecule has 31 heavy (non-hydrogen) atoms. The van der Waals surface area contributed by atoms with Crippen molar-refractivity contribution in [2.45, 2.75) is 96.8 Å². The van der Waals surface area contributed by atoms with E-state index in [0.29, 0.717) is 5.69 Å². The number of nitro groups is 1. The lowest BCUT2D eigenvalue weighted by molar-refractivity contribution is -0.384. The smallest absolute Gasteiger partial charge is 0.338 e. The predicted octanol–water partition coefficient (Wildman–Crippen LogP) is 7.30. The minimum absolute atomic E-state index is 0.0595. The lowest BCUT2D eigenvalue weighted by atomic mass is 10.0. The summed E-state index contributed by atoms with van der Waals surface area (Å²) >= 11 is 0. The summed E-state index contributed by atoms with van der Waals surface area (Å²) in [6.45, 7) is 3.02. The van der Waals surface area contributed by atoms with E-state index in [1.54, 1.807) is 12.1 Å². The van der Waals surface area contributed by atoms with Crippen LogP contribution in [0.3, 0.4) is 0 Å². The number of anilines is 1. The van der Waals surface area contributed by atoms with Gasteiger partial charge in [-0.15, -0.1) is 0 Å². The normalized spacial score (nSPS) is 10.8. The van der Waals surface area contributed by atoms with Crippen LogP contribution in [0.15, 0.2) is 18.2 Å². The lowest BCUT2D eigenvalue weighted by Crippen LogP contribution is -2.20. The van der Waals surface area contributed by atoms with Crippen molar-refractivity contribution in [3.05, 3.63) is 33.9 Å². The van der Waals surface area contributed by atoms with E-state index in [9.17, 15) is 14.9 Å². The third-order valence-corrected chi connectivity index (χ3v) is 5.85. The highest BCUT2D eigenvalue weighted by Crippen LogP contribution is 2.29. The Bertz CT molecular complexity index is 648. The Balaban J connectivity index is 2.17. The molecule has 6 nitrogen and oxygen atoms in total. The first-order valence-corrected chi connectivity index (χ1v) is 12.1. The number of ether oxygens (including phenoxy) is 1. The maximum atomic E-state index is 11.6. The molecular formula is C25H42N2O4. The first-order valence-electron chi connectivity index (χ1n) is 12.1. The van der Waals surface area contributed by atoms with Gasteiger partial charge in [-0.1, -0.05) is 90.4 Å². The average Bonchev–Trinajstić information content (AvgIpc) is 2.78. The molecule has 0 aliphatic rings. The van der Waals surface area contributed by atoms with Crippen LogP contribution in [0.4, 0.5) is 11.4 Å². The highest BCUT2D eigenvalue weighted by Gasteiger charge is 2.20. The second kappa shape index (κ2) is 16.6. The van der Waals surface area contributed by atoms with Crippen LogP contribution in [0.1, 0.15) is 107 Å². The zero-order valence-corrected chi connectivity index (χ0v) is 19.9. The number of unbranched alkanes of at least 4 members (excludes halogenated alkanes) is 13. The topological polar surface area (TPSA) is 72.7 Å². The summed E-state index contributed by atoms with van der Waals surface area (Å²) in [5.74, 6) is -0.565. The van der Waals surface area contributed by atoms with Crippen molar-refractivity contribution in [1.82, 2.24) is 0 Å². The molecular weight excluding hydrogens is 392 g/mol. The van der Waals surface area contributed by atoms with E-state index in [1.807, 2.05) is 11.9 Å². The van der Waals surface area contributed by atoms with E-state index in [0.717, 1.165) is 19.4 Å². The van der Waals surface area contributed by atoms with Crippen LogP contribution in [0.2, 0.25) is 0 Å². The first kappa shape index (κ1) is 26.9. The van der Waals surface area contributed by atoms with Crippen molar-refractivity contribution in [1.29, 1.82) is 0 Å². The van der Waals surface area contributed by atoms with Crippen molar-refractivity contribution in [3.63, 3.8) is 0 Å². The number of nitrogens with zero attached hydrogens (tertiary/aromatic N) is 2. The number of rotatable bonds is 18. The Kier molecular flexibility index (Phi) is 14.4. The van der Waals surface area contributed by atoms with Crippen LogP contribution in [0.5, 0.6) is 0 Å². The molecule has 0 fully saturated rings. The number of carbonyl (C=O) groups is 1. The summed E-state index contributed by atoms with van der Waals surface area (Å²) in [4.78, 5) is 24.5. The Morgan fingerprint density at radius 1 is 0.903 bits per heavy atom. The van der Waals surface area contributed by atoms with E-state index in [1.165, 1.54) is 90.2 Å². The summed E-state index contributed by atoms with van der Waals surface area (Å²) < 4.78 is 4.65. The molecule has 0 aliphatic heterocycles. The number of carbonyl (C=O) groups excluding carboxylic acids is 1. The van der Waals surface area contributed by atoms with E-state index < -0.39 is 10.9 Å². The zero-order valence-electron chi connectivity index (χ0n) is 19.9. The second-order valence-electron chi connectivity index (χ2n) is 8.47.